The van der Waals surface area contributed by atoms with Crippen LogP contribution in [0.2, 0.25) is 0 Å². The Balaban J connectivity index is 2.56. The van der Waals surface area contributed by atoms with Gasteiger partial charge in [0.25, 0.3) is 0 Å². The largest absolute Gasteiger partial charge is 0.573 e. The van der Waals surface area contributed by atoms with Gasteiger partial charge in [0, 0.05) is 5.69 Å². The first kappa shape index (κ1) is 16.6. The van der Waals surface area contributed by atoms with Crippen LogP contribution in [0.5, 0.6) is 5.75 Å². The van der Waals surface area contributed by atoms with Crippen molar-refractivity contribution in [2.45, 2.75) is 19.3 Å². The molecule has 0 saturated heterocycles. The Morgan fingerprint density at radius 1 is 1.19 bits per heavy atom. The quantitative estimate of drug-likeness (QED) is 0.837. The van der Waals surface area contributed by atoms with E-state index < -0.39 is 30.2 Å². The molecule has 0 radical (unpaired) electrons. The maximum absolute atomic E-state index is 12.0. The first-order valence-electron chi connectivity index (χ1n) is 5.72. The minimum absolute atomic E-state index is 0.235. The van der Waals surface area contributed by atoms with Crippen molar-refractivity contribution in [2.24, 2.45) is 0 Å². The lowest BCUT2D eigenvalue weighted by atomic mass is 10.3. The highest BCUT2D eigenvalue weighted by molar-refractivity contribution is 5.92. The summed E-state index contributed by atoms with van der Waals surface area (Å²) in [6, 6.07) is 2.99. The van der Waals surface area contributed by atoms with E-state index in [1.807, 2.05) is 0 Å². The van der Waals surface area contributed by atoms with Gasteiger partial charge < -0.3 is 20.1 Å². The van der Waals surface area contributed by atoms with Crippen molar-refractivity contribution in [3.63, 3.8) is 0 Å². The highest BCUT2D eigenvalue weighted by atomic mass is 19.4. The van der Waals surface area contributed by atoms with Gasteiger partial charge in [-0.2, -0.15) is 0 Å². The van der Waals surface area contributed by atoms with Crippen molar-refractivity contribution in [2.75, 3.05) is 12.4 Å². The van der Waals surface area contributed by atoms with Crippen molar-refractivity contribution in [1.29, 1.82) is 0 Å². The van der Waals surface area contributed by atoms with E-state index >= 15 is 0 Å². The van der Waals surface area contributed by atoms with Gasteiger partial charge in [0.2, 0.25) is 0 Å². The second-order valence-electron chi connectivity index (χ2n) is 3.92. The van der Waals surface area contributed by atoms with Gasteiger partial charge in [-0.1, -0.05) is 0 Å². The molecule has 1 atom stereocenters. The van der Waals surface area contributed by atoms with Crippen molar-refractivity contribution in [3.8, 4) is 5.75 Å². The number of ether oxygens (including phenoxy) is 2. The minimum Gasteiger partial charge on any atom is -0.467 e. The van der Waals surface area contributed by atoms with E-state index in [1.165, 1.54) is 26.2 Å². The fraction of sp³-hybridized carbons (Fsp3) is 0.333. The topological polar surface area (TPSA) is 76.7 Å². The number of benzene rings is 1. The van der Waals surface area contributed by atoms with E-state index in [0.29, 0.717) is 0 Å². The van der Waals surface area contributed by atoms with E-state index in [0.717, 1.165) is 12.1 Å². The first-order chi connectivity index (χ1) is 9.71. The molecule has 0 aliphatic carbocycles. The summed E-state index contributed by atoms with van der Waals surface area (Å²) in [5.41, 5.74) is 0.235. The van der Waals surface area contributed by atoms with Crippen LogP contribution in [-0.4, -0.2) is 31.5 Å². The standard InChI is InChI=1S/C12H13F3N2O4/c1-7(10(18)20-2)16-11(19)17-8-3-5-9(6-4-8)21-12(13,14)15/h3-7H,1-2H3,(H2,16,17,19)/t7-/m0/s1. The number of alkyl halides is 3. The molecule has 1 aromatic rings. The molecule has 0 heterocycles. The molecule has 0 saturated carbocycles. The van der Waals surface area contributed by atoms with Crippen molar-refractivity contribution < 1.29 is 32.2 Å². The normalized spacial score (nSPS) is 12.2. The number of methoxy groups -OCH3 is 1. The highest BCUT2D eigenvalue weighted by Gasteiger charge is 2.30. The maximum Gasteiger partial charge on any atom is 0.573 e. The Morgan fingerprint density at radius 3 is 2.24 bits per heavy atom. The molecule has 1 aromatic carbocycles. The van der Waals surface area contributed by atoms with Crippen LogP contribution >= 0.6 is 0 Å². The molecule has 9 heteroatoms. The van der Waals surface area contributed by atoms with Crippen LogP contribution in [0.15, 0.2) is 24.3 Å². The summed E-state index contributed by atoms with van der Waals surface area (Å²) >= 11 is 0. The fourth-order valence-electron chi connectivity index (χ4n) is 1.34. The number of nitrogens with one attached hydrogen (secondary N) is 2. The number of amides is 2. The molecule has 1 rings (SSSR count). The van der Waals surface area contributed by atoms with Crippen LogP contribution in [0.1, 0.15) is 6.92 Å². The summed E-state index contributed by atoms with van der Waals surface area (Å²) in [6.45, 7) is 1.42. The van der Waals surface area contributed by atoms with E-state index in [2.05, 4.69) is 20.1 Å². The smallest absolute Gasteiger partial charge is 0.467 e. The van der Waals surface area contributed by atoms with Gasteiger partial charge in [0.1, 0.15) is 11.8 Å². The van der Waals surface area contributed by atoms with Gasteiger partial charge in [-0.15, -0.1) is 13.2 Å². The molecular weight excluding hydrogens is 293 g/mol. The summed E-state index contributed by atoms with van der Waals surface area (Å²) in [6.07, 6.45) is -4.78. The minimum atomic E-state index is -4.78. The predicted octanol–water partition coefficient (Wildman–Crippen LogP) is 2.27. The average Bonchev–Trinajstić information content (AvgIpc) is 2.38. The monoisotopic (exact) mass is 306 g/mol. The molecule has 0 unspecified atom stereocenters. The molecule has 0 aromatic heterocycles. The molecule has 6 nitrogen and oxygen atoms in total. The summed E-state index contributed by atoms with van der Waals surface area (Å²) < 4.78 is 44.0. The zero-order chi connectivity index (χ0) is 16.0. The summed E-state index contributed by atoms with van der Waals surface area (Å²) in [5.74, 6) is -1.03. The summed E-state index contributed by atoms with van der Waals surface area (Å²) in [4.78, 5) is 22.6. The Labute approximate surface area is 118 Å². The van der Waals surface area contributed by atoms with Crippen LogP contribution in [0, 0.1) is 0 Å². The molecule has 0 fully saturated rings. The van der Waals surface area contributed by atoms with Gasteiger partial charge in [-0.25, -0.2) is 9.59 Å². The molecule has 116 valence electrons. The van der Waals surface area contributed by atoms with Crippen molar-refractivity contribution in [3.05, 3.63) is 24.3 Å². The Kier molecular flexibility index (Phi) is 5.39. The van der Waals surface area contributed by atoms with E-state index in [9.17, 15) is 22.8 Å². The van der Waals surface area contributed by atoms with E-state index in [1.54, 1.807) is 0 Å². The molecule has 0 aliphatic heterocycles. The number of hydrogen-bond acceptors (Lipinski definition) is 4. The molecule has 0 aliphatic rings. The number of esters is 1. The Hall–Kier alpha value is -2.45. The zero-order valence-electron chi connectivity index (χ0n) is 11.2. The second kappa shape index (κ2) is 6.82. The number of urea groups is 1. The van der Waals surface area contributed by atoms with E-state index in [4.69, 9.17) is 0 Å². The van der Waals surface area contributed by atoms with Gasteiger partial charge in [0.05, 0.1) is 7.11 Å². The fourth-order valence-corrected chi connectivity index (χ4v) is 1.34. The Bertz CT molecular complexity index is 502. The number of carbonyl (C=O) groups excluding carboxylic acids is 2. The van der Waals surface area contributed by atoms with Crippen LogP contribution < -0.4 is 15.4 Å². The molecular formula is C12H13F3N2O4. The number of anilines is 1. The third-order valence-corrected chi connectivity index (χ3v) is 2.25. The van der Waals surface area contributed by atoms with Crippen LogP contribution in [0.4, 0.5) is 23.7 Å². The number of rotatable bonds is 4. The van der Waals surface area contributed by atoms with E-state index in [-0.39, 0.29) is 5.69 Å². The molecule has 2 amide bonds. The predicted molar refractivity (Wildman–Crippen MR) is 66.8 cm³/mol. The van der Waals surface area contributed by atoms with Gasteiger partial charge >= 0.3 is 18.4 Å². The third kappa shape index (κ3) is 6.02. The maximum atomic E-state index is 12.0. The lowest BCUT2D eigenvalue weighted by Gasteiger charge is -2.13. The number of carbonyl (C=O) groups is 2. The molecule has 0 bridgehead atoms. The van der Waals surface area contributed by atoms with Crippen LogP contribution in [0.25, 0.3) is 0 Å². The SMILES string of the molecule is COC(=O)[C@H](C)NC(=O)Nc1ccc(OC(F)(F)F)cc1. The van der Waals surface area contributed by atoms with Crippen LogP contribution in [0.3, 0.4) is 0 Å². The van der Waals surface area contributed by atoms with Gasteiger partial charge in [-0.05, 0) is 31.2 Å². The third-order valence-electron chi connectivity index (χ3n) is 2.25. The number of hydrogen-bond donors (Lipinski definition) is 2. The zero-order valence-corrected chi connectivity index (χ0v) is 11.2. The molecule has 21 heavy (non-hydrogen) atoms. The average molecular weight is 306 g/mol. The number of halogens is 3. The van der Waals surface area contributed by atoms with Gasteiger partial charge in [-0.3, -0.25) is 0 Å². The lowest BCUT2D eigenvalue weighted by molar-refractivity contribution is -0.274. The van der Waals surface area contributed by atoms with Crippen molar-refractivity contribution >= 4 is 17.7 Å². The highest BCUT2D eigenvalue weighted by Crippen LogP contribution is 2.23. The van der Waals surface area contributed by atoms with Crippen LogP contribution in [-0.2, 0) is 9.53 Å². The van der Waals surface area contributed by atoms with Gasteiger partial charge in [0.15, 0.2) is 0 Å². The summed E-state index contributed by atoms with van der Waals surface area (Å²) in [5, 5.41) is 4.64. The molecule has 0 spiro atoms. The second-order valence-corrected chi connectivity index (χ2v) is 3.92. The lowest BCUT2D eigenvalue weighted by Crippen LogP contribution is -2.41. The first-order valence-corrected chi connectivity index (χ1v) is 5.72. The Morgan fingerprint density at radius 2 is 1.76 bits per heavy atom. The molecule has 2 N–H and O–H groups in total. The van der Waals surface area contributed by atoms with Crippen molar-refractivity contribution in [1.82, 2.24) is 5.32 Å². The summed E-state index contributed by atoms with van der Waals surface area (Å²) in [7, 11) is 1.18.